The van der Waals surface area contributed by atoms with E-state index in [1.54, 1.807) is 11.9 Å². The van der Waals surface area contributed by atoms with Gasteiger partial charge in [-0.2, -0.15) is 13.2 Å². The number of aryl methyl sites for hydroxylation is 1. The lowest BCUT2D eigenvalue weighted by atomic mass is 10.1. The van der Waals surface area contributed by atoms with Crippen molar-refractivity contribution in [2.75, 3.05) is 44.7 Å². The van der Waals surface area contributed by atoms with E-state index in [2.05, 4.69) is 9.88 Å². The highest BCUT2D eigenvalue weighted by atomic mass is 19.4. The summed E-state index contributed by atoms with van der Waals surface area (Å²) in [6.45, 7) is 5.48. The number of amides is 1. The zero-order valence-electron chi connectivity index (χ0n) is 16.6. The molecule has 5 nitrogen and oxygen atoms in total. The van der Waals surface area contributed by atoms with Crippen molar-refractivity contribution in [2.45, 2.75) is 19.6 Å². The molecule has 1 amide bonds. The lowest BCUT2D eigenvalue weighted by Crippen LogP contribution is -2.49. The van der Waals surface area contributed by atoms with Crippen molar-refractivity contribution in [3.8, 4) is 0 Å². The number of likely N-dealkylation sites (N-methyl/N-ethyl adjacent to an activating group) is 1. The Labute approximate surface area is 168 Å². The maximum absolute atomic E-state index is 12.7. The fourth-order valence-corrected chi connectivity index (χ4v) is 3.24. The summed E-state index contributed by atoms with van der Waals surface area (Å²) in [5.74, 6) is 0.576. The highest BCUT2D eigenvalue weighted by Gasteiger charge is 2.31. The van der Waals surface area contributed by atoms with Gasteiger partial charge >= 0.3 is 6.18 Å². The van der Waals surface area contributed by atoms with Crippen molar-refractivity contribution in [2.24, 2.45) is 0 Å². The van der Waals surface area contributed by atoms with Crippen molar-refractivity contribution in [3.05, 3.63) is 59.3 Å². The molecule has 2 heterocycles. The van der Waals surface area contributed by atoms with E-state index in [-0.39, 0.29) is 5.91 Å². The molecule has 0 radical (unpaired) electrons. The number of pyridine rings is 1. The molecule has 1 aromatic carbocycles. The summed E-state index contributed by atoms with van der Waals surface area (Å²) in [5.41, 5.74) is 1.52. The fourth-order valence-electron chi connectivity index (χ4n) is 3.24. The zero-order valence-corrected chi connectivity index (χ0v) is 16.6. The van der Waals surface area contributed by atoms with Crippen LogP contribution in [0.3, 0.4) is 0 Å². The zero-order chi connectivity index (χ0) is 21.0. The SMILES string of the molecule is Cc1ccc(CN(C)C(=O)CN2CCN(c3ccc(C(F)(F)F)cn3)CC2)cc1. The van der Waals surface area contributed by atoms with Crippen LogP contribution in [0.15, 0.2) is 42.6 Å². The standard InChI is InChI=1S/C21H25F3N4O/c1-16-3-5-17(6-4-16)14-26(2)20(29)15-27-9-11-28(12-10-27)19-8-7-18(13-25-19)21(22,23)24/h3-8,13H,9-12,14-15H2,1-2H3. The molecule has 0 unspecified atom stereocenters. The first kappa shape index (κ1) is 21.1. The Morgan fingerprint density at radius 1 is 1.07 bits per heavy atom. The van der Waals surface area contributed by atoms with Crippen molar-refractivity contribution in [1.29, 1.82) is 0 Å². The minimum Gasteiger partial charge on any atom is -0.354 e. The van der Waals surface area contributed by atoms with Gasteiger partial charge in [0.15, 0.2) is 0 Å². The maximum atomic E-state index is 12.7. The van der Waals surface area contributed by atoms with Crippen molar-refractivity contribution in [3.63, 3.8) is 0 Å². The van der Waals surface area contributed by atoms with E-state index >= 15 is 0 Å². The van der Waals surface area contributed by atoms with E-state index in [0.29, 0.717) is 45.1 Å². The molecule has 1 fully saturated rings. The van der Waals surface area contributed by atoms with Gasteiger partial charge in [-0.3, -0.25) is 9.69 Å². The predicted molar refractivity (Wildman–Crippen MR) is 106 cm³/mol. The van der Waals surface area contributed by atoms with Crippen LogP contribution < -0.4 is 4.90 Å². The van der Waals surface area contributed by atoms with Crippen LogP contribution in [0.4, 0.5) is 19.0 Å². The number of alkyl halides is 3. The molecule has 0 aliphatic carbocycles. The number of nitrogens with zero attached hydrogens (tertiary/aromatic N) is 4. The number of carbonyl (C=O) groups excluding carboxylic acids is 1. The second kappa shape index (κ2) is 8.82. The number of benzene rings is 1. The van der Waals surface area contributed by atoms with Crippen LogP contribution in [0.5, 0.6) is 0 Å². The number of carbonyl (C=O) groups is 1. The molecule has 0 N–H and O–H groups in total. The number of hydrogen-bond acceptors (Lipinski definition) is 4. The molecule has 3 rings (SSSR count). The Kier molecular flexibility index (Phi) is 6.42. The molecule has 1 saturated heterocycles. The molecule has 0 bridgehead atoms. The van der Waals surface area contributed by atoms with Gasteiger partial charge in [0.1, 0.15) is 5.82 Å². The monoisotopic (exact) mass is 406 g/mol. The van der Waals surface area contributed by atoms with E-state index in [4.69, 9.17) is 0 Å². The normalized spacial score (nSPS) is 15.4. The van der Waals surface area contributed by atoms with Gasteiger partial charge in [0.05, 0.1) is 12.1 Å². The Morgan fingerprint density at radius 2 is 1.72 bits per heavy atom. The molecule has 1 aliphatic heterocycles. The summed E-state index contributed by atoms with van der Waals surface area (Å²) in [6, 6.07) is 10.6. The molecule has 8 heteroatoms. The third-order valence-electron chi connectivity index (χ3n) is 5.10. The minimum absolute atomic E-state index is 0.0479. The average Bonchev–Trinajstić information content (AvgIpc) is 2.69. The van der Waals surface area contributed by atoms with Gasteiger partial charge in [0.2, 0.25) is 5.91 Å². The summed E-state index contributed by atoms with van der Waals surface area (Å²) < 4.78 is 38.0. The highest BCUT2D eigenvalue weighted by molar-refractivity contribution is 5.78. The van der Waals surface area contributed by atoms with Crippen LogP contribution in [0, 0.1) is 6.92 Å². The molecule has 0 spiro atoms. The van der Waals surface area contributed by atoms with E-state index in [1.165, 1.54) is 11.6 Å². The van der Waals surface area contributed by atoms with Crippen LogP contribution in [-0.2, 0) is 17.5 Å². The number of anilines is 1. The molecule has 156 valence electrons. The Balaban J connectivity index is 1.47. The van der Waals surface area contributed by atoms with E-state index < -0.39 is 11.7 Å². The van der Waals surface area contributed by atoms with Crippen LogP contribution in [0.25, 0.3) is 0 Å². The van der Waals surface area contributed by atoms with Gasteiger partial charge in [-0.15, -0.1) is 0 Å². The van der Waals surface area contributed by atoms with Gasteiger partial charge in [-0.25, -0.2) is 4.98 Å². The van der Waals surface area contributed by atoms with Gasteiger partial charge in [0.25, 0.3) is 0 Å². The number of aromatic nitrogens is 1. The second-order valence-electron chi connectivity index (χ2n) is 7.40. The van der Waals surface area contributed by atoms with Crippen molar-refractivity contribution >= 4 is 11.7 Å². The third-order valence-corrected chi connectivity index (χ3v) is 5.10. The Hall–Kier alpha value is -2.61. The first-order valence-electron chi connectivity index (χ1n) is 9.52. The Morgan fingerprint density at radius 3 is 2.28 bits per heavy atom. The Bertz CT molecular complexity index is 813. The lowest BCUT2D eigenvalue weighted by Gasteiger charge is -2.35. The molecular formula is C21H25F3N4O. The average molecular weight is 406 g/mol. The highest BCUT2D eigenvalue weighted by Crippen LogP contribution is 2.29. The molecule has 0 saturated carbocycles. The summed E-state index contributed by atoms with van der Waals surface area (Å²) in [5, 5.41) is 0. The predicted octanol–water partition coefficient (Wildman–Crippen LogP) is 3.19. The topological polar surface area (TPSA) is 39.7 Å². The molecule has 29 heavy (non-hydrogen) atoms. The third kappa shape index (κ3) is 5.69. The fraction of sp³-hybridized carbons (Fsp3) is 0.429. The van der Waals surface area contributed by atoms with E-state index in [1.807, 2.05) is 36.1 Å². The van der Waals surface area contributed by atoms with Crippen LogP contribution in [-0.4, -0.2) is 60.5 Å². The van der Waals surface area contributed by atoms with Gasteiger partial charge in [0, 0.05) is 46.0 Å². The molecular weight excluding hydrogens is 381 g/mol. The minimum atomic E-state index is -4.38. The van der Waals surface area contributed by atoms with Crippen LogP contribution in [0.1, 0.15) is 16.7 Å². The van der Waals surface area contributed by atoms with Gasteiger partial charge < -0.3 is 9.80 Å². The number of hydrogen-bond donors (Lipinski definition) is 0. The molecule has 0 atom stereocenters. The van der Waals surface area contributed by atoms with Gasteiger partial charge in [-0.05, 0) is 24.6 Å². The number of halogens is 3. The summed E-state index contributed by atoms with van der Waals surface area (Å²) in [6.07, 6.45) is -3.51. The first-order chi connectivity index (χ1) is 13.7. The quantitative estimate of drug-likeness (QED) is 0.765. The van der Waals surface area contributed by atoms with Crippen molar-refractivity contribution in [1.82, 2.24) is 14.8 Å². The van der Waals surface area contributed by atoms with Crippen LogP contribution in [0.2, 0.25) is 0 Å². The largest absolute Gasteiger partial charge is 0.417 e. The maximum Gasteiger partial charge on any atom is 0.417 e. The van der Waals surface area contributed by atoms with Crippen LogP contribution >= 0.6 is 0 Å². The number of rotatable bonds is 5. The van der Waals surface area contributed by atoms with E-state index in [0.717, 1.165) is 17.8 Å². The van der Waals surface area contributed by atoms with E-state index in [9.17, 15) is 18.0 Å². The molecule has 2 aromatic rings. The number of piperazine rings is 1. The summed E-state index contributed by atoms with van der Waals surface area (Å²) >= 11 is 0. The van der Waals surface area contributed by atoms with Gasteiger partial charge in [-0.1, -0.05) is 29.8 Å². The molecule has 1 aromatic heterocycles. The van der Waals surface area contributed by atoms with Crippen molar-refractivity contribution < 1.29 is 18.0 Å². The second-order valence-corrected chi connectivity index (χ2v) is 7.40. The summed E-state index contributed by atoms with van der Waals surface area (Å²) in [7, 11) is 1.80. The first-order valence-corrected chi connectivity index (χ1v) is 9.52. The summed E-state index contributed by atoms with van der Waals surface area (Å²) in [4.78, 5) is 22.2. The molecule has 1 aliphatic rings. The lowest BCUT2D eigenvalue weighted by molar-refractivity contribution is -0.137. The smallest absolute Gasteiger partial charge is 0.354 e.